The van der Waals surface area contributed by atoms with Crippen LogP contribution in [-0.4, -0.2) is 35.6 Å². The highest BCUT2D eigenvalue weighted by Gasteiger charge is 2.20. The van der Waals surface area contributed by atoms with Crippen LogP contribution in [0.5, 0.6) is 0 Å². The van der Waals surface area contributed by atoms with Gasteiger partial charge < -0.3 is 10.2 Å². The van der Waals surface area contributed by atoms with Crippen molar-refractivity contribution < 1.29 is 4.92 Å². The SMILES string of the molecule is CCCCN(CC1CCCN1)c1cc(C)c([N+](=O)[O-])cn1. The maximum Gasteiger partial charge on any atom is 0.290 e. The van der Waals surface area contributed by atoms with Gasteiger partial charge in [-0.3, -0.25) is 10.1 Å². The monoisotopic (exact) mass is 292 g/mol. The molecular formula is C15H24N4O2. The first-order chi connectivity index (χ1) is 10.1. The lowest BCUT2D eigenvalue weighted by atomic mass is 10.2. The Hall–Kier alpha value is -1.69. The molecule has 1 aliphatic rings. The van der Waals surface area contributed by atoms with E-state index in [-0.39, 0.29) is 10.6 Å². The quantitative estimate of drug-likeness (QED) is 0.618. The van der Waals surface area contributed by atoms with Crippen molar-refractivity contribution >= 4 is 11.5 Å². The molecular weight excluding hydrogens is 268 g/mol. The van der Waals surface area contributed by atoms with Crippen molar-refractivity contribution in [3.8, 4) is 0 Å². The molecule has 1 aromatic heterocycles. The van der Waals surface area contributed by atoms with Gasteiger partial charge in [0.2, 0.25) is 0 Å². The largest absolute Gasteiger partial charge is 0.355 e. The highest BCUT2D eigenvalue weighted by Crippen LogP contribution is 2.22. The number of nitrogens with one attached hydrogen (secondary N) is 1. The third-order valence-corrected chi connectivity index (χ3v) is 3.97. The number of hydrogen-bond acceptors (Lipinski definition) is 5. The lowest BCUT2D eigenvalue weighted by molar-refractivity contribution is -0.385. The molecule has 6 nitrogen and oxygen atoms in total. The van der Waals surface area contributed by atoms with Crippen molar-refractivity contribution in [2.24, 2.45) is 0 Å². The number of pyridine rings is 1. The zero-order valence-corrected chi connectivity index (χ0v) is 12.8. The van der Waals surface area contributed by atoms with Gasteiger partial charge in [0.25, 0.3) is 5.69 Å². The van der Waals surface area contributed by atoms with Crippen molar-refractivity contribution in [3.05, 3.63) is 27.9 Å². The minimum absolute atomic E-state index is 0.0909. The number of aryl methyl sites for hydroxylation is 1. The second-order valence-electron chi connectivity index (χ2n) is 5.68. The molecule has 1 atom stereocenters. The van der Waals surface area contributed by atoms with Gasteiger partial charge >= 0.3 is 0 Å². The summed E-state index contributed by atoms with van der Waals surface area (Å²) in [5.74, 6) is 0.847. The number of anilines is 1. The van der Waals surface area contributed by atoms with E-state index in [1.165, 1.54) is 19.0 Å². The Kier molecular flexibility index (Phi) is 5.50. The topological polar surface area (TPSA) is 71.3 Å². The number of nitrogens with zero attached hydrogens (tertiary/aromatic N) is 3. The molecule has 1 fully saturated rings. The molecule has 2 heterocycles. The standard InChI is InChI=1S/C15H24N4O2/c1-3-4-8-18(11-13-6-5-7-16-13)15-9-12(2)14(10-17-15)19(20)21/h9-10,13,16H,3-8,11H2,1-2H3. The lowest BCUT2D eigenvalue weighted by Gasteiger charge is -2.27. The Balaban J connectivity index is 2.14. The molecule has 2 rings (SSSR count). The van der Waals surface area contributed by atoms with Gasteiger partial charge in [0.15, 0.2) is 0 Å². The maximum absolute atomic E-state index is 10.9. The van der Waals surface area contributed by atoms with Crippen LogP contribution in [0.4, 0.5) is 11.5 Å². The van der Waals surface area contributed by atoms with Gasteiger partial charge in [-0.1, -0.05) is 13.3 Å². The summed E-state index contributed by atoms with van der Waals surface area (Å²) in [5.41, 5.74) is 0.763. The average molecular weight is 292 g/mol. The van der Waals surface area contributed by atoms with Crippen molar-refractivity contribution in [1.82, 2.24) is 10.3 Å². The molecule has 0 aliphatic carbocycles. The highest BCUT2D eigenvalue weighted by molar-refractivity contribution is 5.48. The summed E-state index contributed by atoms with van der Waals surface area (Å²) in [6, 6.07) is 2.34. The Labute approximate surface area is 125 Å². The summed E-state index contributed by atoms with van der Waals surface area (Å²) in [6.07, 6.45) is 6.02. The van der Waals surface area contributed by atoms with Crippen LogP contribution in [-0.2, 0) is 0 Å². The molecule has 0 aromatic carbocycles. The molecule has 0 radical (unpaired) electrons. The highest BCUT2D eigenvalue weighted by atomic mass is 16.6. The molecule has 0 amide bonds. The van der Waals surface area contributed by atoms with E-state index in [0.717, 1.165) is 38.3 Å². The molecule has 1 aliphatic heterocycles. The van der Waals surface area contributed by atoms with Crippen molar-refractivity contribution in [1.29, 1.82) is 0 Å². The second-order valence-corrected chi connectivity index (χ2v) is 5.68. The van der Waals surface area contributed by atoms with Crippen LogP contribution in [0.25, 0.3) is 0 Å². The van der Waals surface area contributed by atoms with Gasteiger partial charge in [-0.05, 0) is 38.8 Å². The second kappa shape index (κ2) is 7.36. The van der Waals surface area contributed by atoms with E-state index in [2.05, 4.69) is 22.1 Å². The number of rotatable bonds is 7. The van der Waals surface area contributed by atoms with E-state index >= 15 is 0 Å². The van der Waals surface area contributed by atoms with Gasteiger partial charge in [-0.15, -0.1) is 0 Å². The number of hydrogen-bond donors (Lipinski definition) is 1. The van der Waals surface area contributed by atoms with Gasteiger partial charge in [0.1, 0.15) is 12.0 Å². The summed E-state index contributed by atoms with van der Waals surface area (Å²) >= 11 is 0. The first kappa shape index (κ1) is 15.7. The minimum atomic E-state index is -0.374. The Morgan fingerprint density at radius 1 is 1.57 bits per heavy atom. The summed E-state index contributed by atoms with van der Waals surface area (Å²) in [5, 5.41) is 14.4. The van der Waals surface area contributed by atoms with Crippen molar-refractivity contribution in [2.45, 2.75) is 45.6 Å². The number of unbranched alkanes of at least 4 members (excludes halogenated alkanes) is 1. The number of aromatic nitrogens is 1. The van der Waals surface area contributed by atoms with Crippen LogP contribution < -0.4 is 10.2 Å². The summed E-state index contributed by atoms with van der Waals surface area (Å²) in [7, 11) is 0. The third-order valence-electron chi connectivity index (χ3n) is 3.97. The van der Waals surface area contributed by atoms with E-state index in [0.29, 0.717) is 11.6 Å². The smallest absolute Gasteiger partial charge is 0.290 e. The van der Waals surface area contributed by atoms with Crippen LogP contribution in [0.2, 0.25) is 0 Å². The Morgan fingerprint density at radius 2 is 2.38 bits per heavy atom. The van der Waals surface area contributed by atoms with Crippen LogP contribution in [0, 0.1) is 17.0 Å². The zero-order chi connectivity index (χ0) is 15.2. The number of nitro groups is 1. The lowest BCUT2D eigenvalue weighted by Crippen LogP contribution is -2.38. The van der Waals surface area contributed by atoms with E-state index in [4.69, 9.17) is 0 Å². The fraction of sp³-hybridized carbons (Fsp3) is 0.667. The predicted molar refractivity (Wildman–Crippen MR) is 83.8 cm³/mol. The summed E-state index contributed by atoms with van der Waals surface area (Å²) in [4.78, 5) is 17.1. The Bertz CT molecular complexity index is 487. The van der Waals surface area contributed by atoms with Gasteiger partial charge in [-0.2, -0.15) is 0 Å². The summed E-state index contributed by atoms with van der Waals surface area (Å²) < 4.78 is 0. The predicted octanol–water partition coefficient (Wildman–Crippen LogP) is 2.66. The normalized spacial score (nSPS) is 17.9. The van der Waals surface area contributed by atoms with Crippen molar-refractivity contribution in [3.63, 3.8) is 0 Å². The molecule has 21 heavy (non-hydrogen) atoms. The van der Waals surface area contributed by atoms with E-state index in [1.807, 2.05) is 6.07 Å². The maximum atomic E-state index is 10.9. The third kappa shape index (κ3) is 4.14. The van der Waals surface area contributed by atoms with Crippen LogP contribution in [0.3, 0.4) is 0 Å². The van der Waals surface area contributed by atoms with Gasteiger partial charge in [0, 0.05) is 24.7 Å². The molecule has 0 spiro atoms. The molecule has 116 valence electrons. The molecule has 1 unspecified atom stereocenters. The van der Waals surface area contributed by atoms with Crippen LogP contribution >= 0.6 is 0 Å². The fourth-order valence-electron chi connectivity index (χ4n) is 2.72. The van der Waals surface area contributed by atoms with Crippen LogP contribution in [0.1, 0.15) is 38.2 Å². The molecule has 0 bridgehead atoms. The molecule has 1 aromatic rings. The van der Waals surface area contributed by atoms with Crippen LogP contribution in [0.15, 0.2) is 12.3 Å². The molecule has 1 saturated heterocycles. The minimum Gasteiger partial charge on any atom is -0.355 e. The Morgan fingerprint density at radius 3 is 2.95 bits per heavy atom. The fourth-order valence-corrected chi connectivity index (χ4v) is 2.72. The van der Waals surface area contributed by atoms with E-state index in [9.17, 15) is 10.1 Å². The summed E-state index contributed by atoms with van der Waals surface area (Å²) in [6.45, 7) is 6.89. The average Bonchev–Trinajstić information content (AvgIpc) is 2.95. The van der Waals surface area contributed by atoms with E-state index in [1.54, 1.807) is 6.92 Å². The first-order valence-electron chi connectivity index (χ1n) is 7.71. The zero-order valence-electron chi connectivity index (χ0n) is 12.8. The van der Waals surface area contributed by atoms with E-state index < -0.39 is 0 Å². The van der Waals surface area contributed by atoms with Gasteiger partial charge in [0.05, 0.1) is 4.92 Å². The molecule has 1 N–H and O–H groups in total. The first-order valence-corrected chi connectivity index (χ1v) is 7.71. The van der Waals surface area contributed by atoms with Gasteiger partial charge in [-0.25, -0.2) is 4.98 Å². The molecule has 0 saturated carbocycles. The van der Waals surface area contributed by atoms with Crippen molar-refractivity contribution in [2.75, 3.05) is 24.5 Å². The molecule has 6 heteroatoms.